The van der Waals surface area contributed by atoms with Crippen molar-refractivity contribution in [3.05, 3.63) is 52.1 Å². The standard InChI is InChI=1S/C21H23ClF4N4O/c22-16-2-1-3-17(23)15(16)13-28-8-10-29(11-9-28)20(31)6-7-30-18(14-4-5-14)12-19(27-30)21(24,25)26/h1-3,12,14H,4-11,13H2. The molecule has 1 aromatic heterocycles. The number of hydrogen-bond acceptors (Lipinski definition) is 3. The first kappa shape index (κ1) is 22.1. The van der Waals surface area contributed by atoms with Gasteiger partial charge in [-0.25, -0.2) is 4.39 Å². The number of hydrogen-bond donors (Lipinski definition) is 0. The van der Waals surface area contributed by atoms with E-state index in [0.29, 0.717) is 49.0 Å². The van der Waals surface area contributed by atoms with Crippen LogP contribution >= 0.6 is 11.6 Å². The van der Waals surface area contributed by atoms with Gasteiger partial charge < -0.3 is 4.90 Å². The van der Waals surface area contributed by atoms with Gasteiger partial charge in [-0.05, 0) is 31.0 Å². The van der Waals surface area contributed by atoms with Crippen LogP contribution in [-0.2, 0) is 24.1 Å². The Hall–Kier alpha value is -2.13. The maximum absolute atomic E-state index is 14.0. The second-order valence-electron chi connectivity index (χ2n) is 8.06. The Morgan fingerprint density at radius 3 is 2.48 bits per heavy atom. The Balaban J connectivity index is 1.30. The van der Waals surface area contributed by atoms with Crippen molar-refractivity contribution >= 4 is 17.5 Å². The summed E-state index contributed by atoms with van der Waals surface area (Å²) in [5, 5.41) is 4.08. The molecule has 0 radical (unpaired) electrons. The summed E-state index contributed by atoms with van der Waals surface area (Å²) < 4.78 is 54.4. The molecule has 5 nitrogen and oxygen atoms in total. The molecule has 168 valence electrons. The Morgan fingerprint density at radius 2 is 1.87 bits per heavy atom. The second kappa shape index (κ2) is 8.78. The molecule has 0 spiro atoms. The first-order valence-corrected chi connectivity index (χ1v) is 10.7. The number of rotatable bonds is 6. The minimum atomic E-state index is -4.49. The number of halogens is 5. The maximum Gasteiger partial charge on any atom is 0.435 e. The lowest BCUT2D eigenvalue weighted by atomic mass is 10.1. The molecule has 2 aliphatic rings. The van der Waals surface area contributed by atoms with Crippen LogP contribution in [0.3, 0.4) is 0 Å². The van der Waals surface area contributed by atoms with E-state index in [1.165, 1.54) is 10.7 Å². The number of amides is 1. The average molecular weight is 459 g/mol. The lowest BCUT2D eigenvalue weighted by Crippen LogP contribution is -2.48. The molecule has 1 saturated carbocycles. The van der Waals surface area contributed by atoms with E-state index in [1.807, 2.05) is 4.90 Å². The van der Waals surface area contributed by atoms with Crippen molar-refractivity contribution in [3.8, 4) is 0 Å². The number of aryl methyl sites for hydroxylation is 1. The van der Waals surface area contributed by atoms with E-state index in [4.69, 9.17) is 11.6 Å². The zero-order valence-electron chi connectivity index (χ0n) is 16.8. The maximum atomic E-state index is 14.0. The number of piperazine rings is 1. The van der Waals surface area contributed by atoms with Crippen molar-refractivity contribution in [2.45, 2.75) is 44.4 Å². The molecule has 4 rings (SSSR count). The van der Waals surface area contributed by atoms with Crippen LogP contribution in [0.15, 0.2) is 24.3 Å². The number of alkyl halides is 3. The number of aromatic nitrogens is 2. The summed E-state index contributed by atoms with van der Waals surface area (Å²) in [5.41, 5.74) is 0.102. The minimum absolute atomic E-state index is 0.0951. The van der Waals surface area contributed by atoms with Crippen molar-refractivity contribution in [1.29, 1.82) is 0 Å². The van der Waals surface area contributed by atoms with E-state index in [-0.39, 0.29) is 30.6 Å². The molecule has 1 aliphatic heterocycles. The zero-order chi connectivity index (χ0) is 22.2. The number of carbonyl (C=O) groups excluding carboxylic acids is 1. The van der Waals surface area contributed by atoms with Crippen LogP contribution in [0.5, 0.6) is 0 Å². The zero-order valence-corrected chi connectivity index (χ0v) is 17.6. The molecular formula is C21H23ClF4N4O. The highest BCUT2D eigenvalue weighted by Gasteiger charge is 2.38. The van der Waals surface area contributed by atoms with E-state index in [9.17, 15) is 22.4 Å². The molecule has 10 heteroatoms. The molecule has 0 atom stereocenters. The first-order chi connectivity index (χ1) is 14.7. The van der Waals surface area contributed by atoms with Crippen molar-refractivity contribution in [3.63, 3.8) is 0 Å². The van der Waals surface area contributed by atoms with Crippen LogP contribution < -0.4 is 0 Å². The van der Waals surface area contributed by atoms with Crippen LogP contribution in [-0.4, -0.2) is 51.7 Å². The lowest BCUT2D eigenvalue weighted by molar-refractivity contribution is -0.141. The van der Waals surface area contributed by atoms with Gasteiger partial charge in [-0.3, -0.25) is 14.4 Å². The molecule has 0 unspecified atom stereocenters. The van der Waals surface area contributed by atoms with E-state index >= 15 is 0 Å². The average Bonchev–Trinajstić information content (AvgIpc) is 3.47. The van der Waals surface area contributed by atoms with Gasteiger partial charge in [0.15, 0.2) is 5.69 Å². The van der Waals surface area contributed by atoms with Crippen LogP contribution in [0, 0.1) is 5.82 Å². The quantitative estimate of drug-likeness (QED) is 0.606. The minimum Gasteiger partial charge on any atom is -0.340 e. The van der Waals surface area contributed by atoms with Gasteiger partial charge in [0, 0.05) is 67.9 Å². The number of carbonyl (C=O) groups is 1. The monoisotopic (exact) mass is 458 g/mol. The summed E-state index contributed by atoms with van der Waals surface area (Å²) in [6, 6.07) is 5.68. The van der Waals surface area contributed by atoms with Crippen LogP contribution in [0.25, 0.3) is 0 Å². The summed E-state index contributed by atoms with van der Waals surface area (Å²) in [5.74, 6) is -0.364. The van der Waals surface area contributed by atoms with Gasteiger partial charge in [0.05, 0.1) is 0 Å². The fourth-order valence-corrected chi connectivity index (χ4v) is 4.10. The van der Waals surface area contributed by atoms with Crippen molar-refractivity contribution in [2.75, 3.05) is 26.2 Å². The topological polar surface area (TPSA) is 41.4 Å². The summed E-state index contributed by atoms with van der Waals surface area (Å²) in [4.78, 5) is 16.3. The third-order valence-electron chi connectivity index (χ3n) is 5.80. The fourth-order valence-electron chi connectivity index (χ4n) is 3.88. The lowest BCUT2D eigenvalue weighted by Gasteiger charge is -2.35. The highest BCUT2D eigenvalue weighted by molar-refractivity contribution is 6.31. The Morgan fingerprint density at radius 1 is 1.16 bits per heavy atom. The smallest absolute Gasteiger partial charge is 0.340 e. The molecule has 2 heterocycles. The van der Waals surface area contributed by atoms with Crippen LogP contribution in [0.4, 0.5) is 17.6 Å². The predicted molar refractivity (Wildman–Crippen MR) is 107 cm³/mol. The van der Waals surface area contributed by atoms with Crippen molar-refractivity contribution in [2.24, 2.45) is 0 Å². The highest BCUT2D eigenvalue weighted by atomic mass is 35.5. The normalized spacial score (nSPS) is 17.9. The molecular weight excluding hydrogens is 436 g/mol. The van der Waals surface area contributed by atoms with Crippen LogP contribution in [0.2, 0.25) is 5.02 Å². The molecule has 1 aliphatic carbocycles. The second-order valence-corrected chi connectivity index (χ2v) is 8.46. The van der Waals surface area contributed by atoms with Gasteiger partial charge in [0.2, 0.25) is 5.91 Å². The molecule has 1 aromatic carbocycles. The van der Waals surface area contributed by atoms with Gasteiger partial charge in [0.25, 0.3) is 0 Å². The van der Waals surface area contributed by atoms with E-state index in [0.717, 1.165) is 18.9 Å². The SMILES string of the molecule is O=C(CCn1nc(C(F)(F)F)cc1C1CC1)N1CCN(Cc2c(F)cccc2Cl)CC1. The Labute approximate surface area is 182 Å². The van der Waals surface area contributed by atoms with Gasteiger partial charge >= 0.3 is 6.18 Å². The summed E-state index contributed by atoms with van der Waals surface area (Å²) in [6.45, 7) is 2.60. The van der Waals surface area contributed by atoms with Crippen LogP contribution in [0.1, 0.15) is 42.1 Å². The van der Waals surface area contributed by atoms with E-state index < -0.39 is 11.9 Å². The third kappa shape index (κ3) is 5.20. The van der Waals surface area contributed by atoms with Gasteiger partial charge in [-0.2, -0.15) is 18.3 Å². The summed E-state index contributed by atoms with van der Waals surface area (Å²) >= 11 is 6.09. The van der Waals surface area contributed by atoms with Gasteiger partial charge in [-0.1, -0.05) is 17.7 Å². The Bertz CT molecular complexity index is 929. The molecule has 1 saturated heterocycles. The van der Waals surface area contributed by atoms with Gasteiger partial charge in [0.1, 0.15) is 5.82 Å². The molecule has 0 bridgehead atoms. The third-order valence-corrected chi connectivity index (χ3v) is 6.16. The highest BCUT2D eigenvalue weighted by Crippen LogP contribution is 2.42. The molecule has 1 amide bonds. The largest absolute Gasteiger partial charge is 0.435 e. The fraction of sp³-hybridized carbons (Fsp3) is 0.524. The molecule has 31 heavy (non-hydrogen) atoms. The molecule has 2 aromatic rings. The number of nitrogens with zero attached hydrogens (tertiary/aromatic N) is 4. The summed E-state index contributed by atoms with van der Waals surface area (Å²) in [7, 11) is 0. The van der Waals surface area contributed by atoms with E-state index in [2.05, 4.69) is 5.10 Å². The van der Waals surface area contributed by atoms with E-state index in [1.54, 1.807) is 17.0 Å². The van der Waals surface area contributed by atoms with Crippen molar-refractivity contribution < 1.29 is 22.4 Å². The number of benzene rings is 1. The molecule has 2 fully saturated rings. The summed E-state index contributed by atoms with van der Waals surface area (Å²) in [6.07, 6.45) is -2.69. The molecule has 0 N–H and O–H groups in total. The van der Waals surface area contributed by atoms with Crippen molar-refractivity contribution in [1.82, 2.24) is 19.6 Å². The predicted octanol–water partition coefficient (Wildman–Crippen LogP) is 4.31. The first-order valence-electron chi connectivity index (χ1n) is 10.3. The van der Waals surface area contributed by atoms with Gasteiger partial charge in [-0.15, -0.1) is 0 Å². The Kier molecular flexibility index (Phi) is 6.25.